The number of carbonyl (C=O) groups is 2. The van der Waals surface area contributed by atoms with E-state index < -0.39 is 0 Å². The minimum absolute atomic E-state index is 0.0156. The molecule has 0 spiro atoms. The third-order valence-corrected chi connectivity index (χ3v) is 4.27. The number of carbonyl (C=O) groups excluding carboxylic acids is 2. The van der Waals surface area contributed by atoms with Crippen molar-refractivity contribution in [1.82, 2.24) is 10.3 Å². The smallest absolute Gasteiger partial charge is 0.269 e. The number of hydrogen-bond acceptors (Lipinski definition) is 5. The minimum Gasteiger partial charge on any atom is -0.489 e. The fourth-order valence-corrected chi connectivity index (χ4v) is 2.92. The maximum Gasteiger partial charge on any atom is 0.269 e. The van der Waals surface area contributed by atoms with Crippen molar-refractivity contribution >= 4 is 17.5 Å². The first-order valence-corrected chi connectivity index (χ1v) is 9.46. The van der Waals surface area contributed by atoms with Crippen LogP contribution in [0.2, 0.25) is 0 Å². The highest BCUT2D eigenvalue weighted by Gasteiger charge is 2.18. The molecule has 2 N–H and O–H groups in total. The van der Waals surface area contributed by atoms with Gasteiger partial charge in [0.2, 0.25) is 0 Å². The zero-order chi connectivity index (χ0) is 19.9. The van der Waals surface area contributed by atoms with Crippen LogP contribution in [-0.4, -0.2) is 42.2 Å². The van der Waals surface area contributed by atoms with Gasteiger partial charge in [-0.2, -0.15) is 0 Å². The predicted molar refractivity (Wildman–Crippen MR) is 106 cm³/mol. The van der Waals surface area contributed by atoms with Gasteiger partial charge in [0.25, 0.3) is 11.8 Å². The molecule has 7 heteroatoms. The van der Waals surface area contributed by atoms with Crippen LogP contribution in [0.3, 0.4) is 0 Å². The normalized spacial score (nSPS) is 16.0. The number of hydrogen-bond donors (Lipinski definition) is 2. The fourth-order valence-electron chi connectivity index (χ4n) is 2.92. The zero-order valence-electron chi connectivity index (χ0n) is 16.1. The number of aromatic nitrogens is 1. The van der Waals surface area contributed by atoms with Crippen LogP contribution in [0.25, 0.3) is 0 Å². The minimum atomic E-state index is -0.338. The first-order chi connectivity index (χ1) is 13.5. The van der Waals surface area contributed by atoms with E-state index in [1.807, 2.05) is 26.0 Å². The van der Waals surface area contributed by atoms with Gasteiger partial charge in [0.05, 0.1) is 17.9 Å². The molecule has 0 aliphatic carbocycles. The molecule has 1 atom stereocenters. The van der Waals surface area contributed by atoms with Gasteiger partial charge in [-0.15, -0.1) is 0 Å². The molecule has 3 rings (SSSR count). The molecular formula is C21H25N3O4. The van der Waals surface area contributed by atoms with Gasteiger partial charge in [0.1, 0.15) is 11.4 Å². The lowest BCUT2D eigenvalue weighted by atomic mass is 10.2. The Morgan fingerprint density at radius 1 is 1.25 bits per heavy atom. The third kappa shape index (κ3) is 5.29. The highest BCUT2D eigenvalue weighted by molar-refractivity contribution is 6.06. The number of anilines is 1. The van der Waals surface area contributed by atoms with Crippen molar-refractivity contribution in [2.24, 2.45) is 0 Å². The highest BCUT2D eigenvalue weighted by Crippen LogP contribution is 2.25. The Kier molecular flexibility index (Phi) is 6.60. The molecule has 0 radical (unpaired) electrons. The number of nitrogens with one attached hydrogen (secondary N) is 2. The van der Waals surface area contributed by atoms with Gasteiger partial charge >= 0.3 is 0 Å². The summed E-state index contributed by atoms with van der Waals surface area (Å²) in [6.07, 6.45) is 3.43. The summed E-state index contributed by atoms with van der Waals surface area (Å²) in [5.74, 6) is -0.0708. The van der Waals surface area contributed by atoms with Crippen LogP contribution in [-0.2, 0) is 4.74 Å². The average molecular weight is 383 g/mol. The van der Waals surface area contributed by atoms with Crippen molar-refractivity contribution in [3.05, 3.63) is 53.9 Å². The number of amides is 2. The Balaban J connectivity index is 1.66. The van der Waals surface area contributed by atoms with E-state index in [0.717, 1.165) is 19.4 Å². The van der Waals surface area contributed by atoms with E-state index in [1.54, 1.807) is 18.2 Å². The van der Waals surface area contributed by atoms with Gasteiger partial charge < -0.3 is 20.1 Å². The second-order valence-electron chi connectivity index (χ2n) is 6.89. The quantitative estimate of drug-likeness (QED) is 0.767. The molecular weight excluding hydrogens is 358 g/mol. The maximum atomic E-state index is 12.6. The maximum absolute atomic E-state index is 12.6. The molecule has 2 aromatic rings. The number of ether oxygens (including phenoxy) is 2. The van der Waals surface area contributed by atoms with Gasteiger partial charge in [-0.3, -0.25) is 14.6 Å². The fraction of sp³-hybridized carbons (Fsp3) is 0.381. The van der Waals surface area contributed by atoms with E-state index in [2.05, 4.69) is 15.6 Å². The van der Waals surface area contributed by atoms with E-state index in [9.17, 15) is 9.59 Å². The Morgan fingerprint density at radius 2 is 2.07 bits per heavy atom. The summed E-state index contributed by atoms with van der Waals surface area (Å²) in [6.45, 7) is 5.01. The monoisotopic (exact) mass is 383 g/mol. The van der Waals surface area contributed by atoms with Crippen molar-refractivity contribution in [2.45, 2.75) is 38.9 Å². The molecule has 2 heterocycles. The molecule has 7 nitrogen and oxygen atoms in total. The lowest BCUT2D eigenvalue weighted by Crippen LogP contribution is -2.32. The average Bonchev–Trinajstić information content (AvgIpc) is 3.21. The third-order valence-electron chi connectivity index (χ3n) is 4.27. The van der Waals surface area contributed by atoms with Crippen LogP contribution in [0.5, 0.6) is 5.75 Å². The highest BCUT2D eigenvalue weighted by atomic mass is 16.5. The first-order valence-electron chi connectivity index (χ1n) is 9.46. The van der Waals surface area contributed by atoms with Gasteiger partial charge in [0.15, 0.2) is 0 Å². The van der Waals surface area contributed by atoms with Crippen molar-refractivity contribution in [1.29, 1.82) is 0 Å². The molecule has 1 fully saturated rings. The summed E-state index contributed by atoms with van der Waals surface area (Å²) in [5.41, 5.74) is 1.11. The van der Waals surface area contributed by atoms with Crippen LogP contribution in [0.1, 0.15) is 47.5 Å². The summed E-state index contributed by atoms with van der Waals surface area (Å²) < 4.78 is 11.2. The number of para-hydroxylation sites is 2. The van der Waals surface area contributed by atoms with Crippen LogP contribution < -0.4 is 15.4 Å². The van der Waals surface area contributed by atoms with Gasteiger partial charge in [0, 0.05) is 24.9 Å². The van der Waals surface area contributed by atoms with Crippen molar-refractivity contribution in [2.75, 3.05) is 18.5 Å². The van der Waals surface area contributed by atoms with Gasteiger partial charge in [-0.25, -0.2) is 0 Å². The van der Waals surface area contributed by atoms with Gasteiger partial charge in [-0.05, 0) is 51.0 Å². The number of rotatable bonds is 7. The molecule has 0 saturated carbocycles. The lowest BCUT2D eigenvalue weighted by molar-refractivity contribution is 0.0853. The molecule has 1 aliphatic rings. The summed E-state index contributed by atoms with van der Waals surface area (Å²) in [4.78, 5) is 29.1. The Morgan fingerprint density at radius 3 is 2.82 bits per heavy atom. The molecule has 1 saturated heterocycles. The Labute approximate surface area is 164 Å². The first kappa shape index (κ1) is 19.8. The van der Waals surface area contributed by atoms with Crippen molar-refractivity contribution < 1.29 is 19.1 Å². The van der Waals surface area contributed by atoms with Crippen molar-refractivity contribution in [3.8, 4) is 5.75 Å². The molecule has 28 heavy (non-hydrogen) atoms. The van der Waals surface area contributed by atoms with Crippen LogP contribution in [0.4, 0.5) is 5.69 Å². The SMILES string of the molecule is CC(C)Oc1ccccc1NC(=O)c1ccnc(C(=O)NCC2CCCO2)c1. The number of pyridine rings is 1. The summed E-state index contributed by atoms with van der Waals surface area (Å²) in [7, 11) is 0. The predicted octanol–water partition coefficient (Wildman–Crippen LogP) is 3.03. The molecule has 1 aliphatic heterocycles. The lowest BCUT2D eigenvalue weighted by Gasteiger charge is -2.15. The number of benzene rings is 1. The van der Waals surface area contributed by atoms with E-state index in [0.29, 0.717) is 23.5 Å². The Bertz CT molecular complexity index is 832. The largest absolute Gasteiger partial charge is 0.489 e. The van der Waals surface area contributed by atoms with E-state index in [-0.39, 0.29) is 29.7 Å². The van der Waals surface area contributed by atoms with Crippen molar-refractivity contribution in [3.63, 3.8) is 0 Å². The molecule has 0 bridgehead atoms. The van der Waals surface area contributed by atoms with Crippen LogP contribution in [0.15, 0.2) is 42.6 Å². The standard InChI is InChI=1S/C21H25N3O4/c1-14(2)28-19-8-4-3-7-17(19)24-20(25)15-9-10-22-18(12-15)21(26)23-13-16-6-5-11-27-16/h3-4,7-10,12,14,16H,5-6,11,13H2,1-2H3,(H,23,26)(H,24,25). The van der Waals surface area contributed by atoms with Gasteiger partial charge in [-0.1, -0.05) is 12.1 Å². The Hall–Kier alpha value is -2.93. The summed E-state index contributed by atoms with van der Waals surface area (Å²) >= 11 is 0. The molecule has 1 unspecified atom stereocenters. The summed E-state index contributed by atoms with van der Waals surface area (Å²) in [5, 5.41) is 5.64. The van der Waals surface area contributed by atoms with Crippen LogP contribution in [0, 0.1) is 0 Å². The second-order valence-corrected chi connectivity index (χ2v) is 6.89. The van der Waals surface area contributed by atoms with E-state index in [4.69, 9.17) is 9.47 Å². The number of nitrogens with zero attached hydrogens (tertiary/aromatic N) is 1. The van der Waals surface area contributed by atoms with E-state index in [1.165, 1.54) is 12.3 Å². The zero-order valence-corrected chi connectivity index (χ0v) is 16.1. The molecule has 148 valence electrons. The molecule has 1 aromatic heterocycles. The molecule has 2 amide bonds. The topological polar surface area (TPSA) is 89.5 Å². The van der Waals surface area contributed by atoms with Crippen LogP contribution >= 0.6 is 0 Å². The molecule has 1 aromatic carbocycles. The summed E-state index contributed by atoms with van der Waals surface area (Å²) in [6, 6.07) is 10.3. The van der Waals surface area contributed by atoms with E-state index >= 15 is 0 Å². The second kappa shape index (κ2) is 9.32.